The van der Waals surface area contributed by atoms with E-state index in [2.05, 4.69) is 63.0 Å². The van der Waals surface area contributed by atoms with E-state index >= 15 is 0 Å². The normalized spacial score (nSPS) is 18.4. The Hall–Kier alpha value is -4.93. The van der Waals surface area contributed by atoms with Gasteiger partial charge in [0.05, 0.1) is 14.2 Å². The first kappa shape index (κ1) is 36.4. The molecule has 2 aliphatic rings. The lowest BCUT2D eigenvalue weighted by molar-refractivity contribution is 0.359. The average Bonchev–Trinajstić information content (AvgIpc) is 3.72. The van der Waals surface area contributed by atoms with Gasteiger partial charge in [-0.25, -0.2) is 13.8 Å². The number of nitrogens with zero attached hydrogens (tertiary/aromatic N) is 2. The van der Waals surface area contributed by atoms with Gasteiger partial charge in [-0.3, -0.25) is 0 Å². The second-order valence-corrected chi connectivity index (χ2v) is 14.4. The summed E-state index contributed by atoms with van der Waals surface area (Å²) in [4.78, 5) is 8.38. The Labute approximate surface area is 310 Å². The van der Waals surface area contributed by atoms with Gasteiger partial charge in [0.15, 0.2) is 23.1 Å². The summed E-state index contributed by atoms with van der Waals surface area (Å²) < 4.78 is 39.5. The lowest BCUT2D eigenvalue weighted by Crippen LogP contribution is -2.31. The molecule has 278 valence electrons. The van der Waals surface area contributed by atoms with Crippen LogP contribution in [0.25, 0.3) is 21.9 Å². The number of pyridine rings is 1. The highest BCUT2D eigenvalue weighted by Crippen LogP contribution is 2.38. The van der Waals surface area contributed by atoms with E-state index < -0.39 is 0 Å². The molecular formula is C43H50F2N6O2. The summed E-state index contributed by atoms with van der Waals surface area (Å²) in [5.74, 6) is 1.14. The Kier molecular flexibility index (Phi) is 11.0. The van der Waals surface area contributed by atoms with Crippen molar-refractivity contribution in [1.29, 1.82) is 0 Å². The lowest BCUT2D eigenvalue weighted by atomic mass is 9.82. The van der Waals surface area contributed by atoms with Crippen molar-refractivity contribution in [3.8, 4) is 11.5 Å². The van der Waals surface area contributed by atoms with Crippen LogP contribution in [0, 0.1) is 11.6 Å². The first-order chi connectivity index (χ1) is 25.8. The van der Waals surface area contributed by atoms with Crippen LogP contribution in [0.5, 0.6) is 11.5 Å². The third kappa shape index (κ3) is 7.89. The number of H-pyrrole nitrogens is 1. The zero-order valence-corrected chi connectivity index (χ0v) is 31.3. The zero-order chi connectivity index (χ0) is 37.1. The third-order valence-corrected chi connectivity index (χ3v) is 11.1. The van der Waals surface area contributed by atoms with Crippen molar-refractivity contribution in [3.63, 3.8) is 0 Å². The maximum Gasteiger partial charge on any atom is 0.165 e. The summed E-state index contributed by atoms with van der Waals surface area (Å²) in [6, 6.07) is 21.7. The van der Waals surface area contributed by atoms with E-state index in [1.807, 2.05) is 26.2 Å². The van der Waals surface area contributed by atoms with Gasteiger partial charge < -0.3 is 35.0 Å². The number of nitrogens with one attached hydrogen (secondary N) is 4. The molecule has 3 aromatic heterocycles. The van der Waals surface area contributed by atoms with Crippen LogP contribution in [0.3, 0.4) is 0 Å². The monoisotopic (exact) mass is 720 g/mol. The van der Waals surface area contributed by atoms with E-state index in [-0.39, 0.29) is 17.4 Å². The van der Waals surface area contributed by atoms with Crippen LogP contribution in [0.2, 0.25) is 0 Å². The van der Waals surface area contributed by atoms with Crippen molar-refractivity contribution in [1.82, 2.24) is 25.2 Å². The molecule has 0 amide bonds. The van der Waals surface area contributed by atoms with Gasteiger partial charge in [-0.15, -0.1) is 0 Å². The number of aromatic nitrogens is 3. The molecular weight excluding hydrogens is 671 g/mol. The number of hydrogen-bond donors (Lipinski definition) is 4. The van der Waals surface area contributed by atoms with Gasteiger partial charge in [0.1, 0.15) is 11.5 Å². The number of methoxy groups -OCH3 is 2. The number of aromatic amines is 1. The summed E-state index contributed by atoms with van der Waals surface area (Å²) in [5.41, 5.74) is 9.41. The van der Waals surface area contributed by atoms with Crippen LogP contribution >= 0.6 is 0 Å². The summed E-state index contributed by atoms with van der Waals surface area (Å²) in [6.45, 7) is 0. The van der Waals surface area contributed by atoms with Crippen LogP contribution in [-0.2, 0) is 26.3 Å². The quantitative estimate of drug-likeness (QED) is 0.120. The molecule has 8 nitrogen and oxygen atoms in total. The largest absolute Gasteiger partial charge is 0.494 e. The SMILES string of the molecule is CNC1CCC(c2cn(C)c3nc(Nc4ccc(F)c(OC)c4)ccc23)CC1.CNC1CCc2[nH]c3ccc(Cc4ccc(F)c(OC)c4)cc3c2C1. The second-order valence-electron chi connectivity index (χ2n) is 14.4. The first-order valence-corrected chi connectivity index (χ1v) is 18.6. The van der Waals surface area contributed by atoms with Gasteiger partial charge in [-0.05, 0) is 142 Å². The van der Waals surface area contributed by atoms with E-state index in [1.54, 1.807) is 18.2 Å². The Morgan fingerprint density at radius 2 is 1.49 bits per heavy atom. The van der Waals surface area contributed by atoms with E-state index in [9.17, 15) is 8.78 Å². The molecule has 0 saturated heterocycles. The molecule has 53 heavy (non-hydrogen) atoms. The molecule has 1 saturated carbocycles. The Balaban J connectivity index is 0.000000165. The van der Waals surface area contributed by atoms with Crippen LogP contribution in [0.15, 0.2) is 72.9 Å². The minimum atomic E-state index is -0.378. The van der Waals surface area contributed by atoms with Gasteiger partial charge in [0.25, 0.3) is 0 Å². The smallest absolute Gasteiger partial charge is 0.165 e. The van der Waals surface area contributed by atoms with E-state index in [0.29, 0.717) is 23.8 Å². The topological polar surface area (TPSA) is 88.2 Å². The Bertz CT molecular complexity index is 2200. The first-order valence-electron chi connectivity index (χ1n) is 18.6. The number of hydrogen-bond acceptors (Lipinski definition) is 6. The van der Waals surface area contributed by atoms with Crippen molar-refractivity contribution in [3.05, 3.63) is 113 Å². The molecule has 4 N–H and O–H groups in total. The van der Waals surface area contributed by atoms with Crippen molar-refractivity contribution in [2.45, 2.75) is 69.4 Å². The molecule has 1 atom stereocenters. The lowest BCUT2D eigenvalue weighted by Gasteiger charge is -2.28. The van der Waals surface area contributed by atoms with Gasteiger partial charge >= 0.3 is 0 Å². The summed E-state index contributed by atoms with van der Waals surface area (Å²) in [7, 11) is 9.10. The fourth-order valence-corrected chi connectivity index (χ4v) is 8.13. The molecule has 0 spiro atoms. The van der Waals surface area contributed by atoms with E-state index in [1.165, 1.54) is 97.1 Å². The molecule has 0 bridgehead atoms. The molecule has 10 heteroatoms. The van der Waals surface area contributed by atoms with Crippen molar-refractivity contribution < 1.29 is 18.3 Å². The van der Waals surface area contributed by atoms with Crippen molar-refractivity contribution in [2.24, 2.45) is 7.05 Å². The maximum absolute atomic E-state index is 13.6. The van der Waals surface area contributed by atoms with Crippen molar-refractivity contribution in [2.75, 3.05) is 33.6 Å². The van der Waals surface area contributed by atoms with Crippen LogP contribution in [0.1, 0.15) is 66.0 Å². The summed E-state index contributed by atoms with van der Waals surface area (Å²) in [5, 5.41) is 12.6. The Morgan fingerprint density at radius 1 is 0.792 bits per heavy atom. The highest BCUT2D eigenvalue weighted by atomic mass is 19.1. The van der Waals surface area contributed by atoms with Crippen LogP contribution in [-0.4, -0.2) is 54.9 Å². The zero-order valence-electron chi connectivity index (χ0n) is 31.3. The molecule has 2 aliphatic carbocycles. The number of ether oxygens (including phenoxy) is 2. The molecule has 3 aromatic carbocycles. The fraction of sp³-hybridized carbons (Fsp3) is 0.372. The number of halogens is 2. The van der Waals surface area contributed by atoms with Crippen LogP contribution < -0.4 is 25.4 Å². The number of anilines is 2. The van der Waals surface area contributed by atoms with Crippen molar-refractivity contribution >= 4 is 33.4 Å². The highest BCUT2D eigenvalue weighted by molar-refractivity contribution is 5.86. The molecule has 1 unspecified atom stereocenters. The molecule has 0 aliphatic heterocycles. The highest BCUT2D eigenvalue weighted by Gasteiger charge is 2.25. The predicted molar refractivity (Wildman–Crippen MR) is 210 cm³/mol. The molecule has 0 radical (unpaired) electrons. The fourth-order valence-electron chi connectivity index (χ4n) is 8.13. The number of rotatable bonds is 9. The second kappa shape index (κ2) is 16.0. The third-order valence-electron chi connectivity index (χ3n) is 11.1. The predicted octanol–water partition coefficient (Wildman–Crippen LogP) is 8.69. The average molecular weight is 721 g/mol. The molecule has 1 fully saturated rings. The summed E-state index contributed by atoms with van der Waals surface area (Å²) in [6.07, 6.45) is 11.2. The minimum Gasteiger partial charge on any atom is -0.494 e. The van der Waals surface area contributed by atoms with Gasteiger partial charge in [0.2, 0.25) is 0 Å². The number of likely N-dealkylation sites (N-methyl/N-ethyl adjacent to an activating group) is 1. The van der Waals surface area contributed by atoms with Gasteiger partial charge in [-0.1, -0.05) is 12.1 Å². The molecule has 6 aromatic rings. The summed E-state index contributed by atoms with van der Waals surface area (Å²) >= 11 is 0. The number of aryl methyl sites for hydroxylation is 2. The number of benzene rings is 3. The molecule has 3 heterocycles. The minimum absolute atomic E-state index is 0.212. The van der Waals surface area contributed by atoms with E-state index in [0.717, 1.165) is 42.0 Å². The van der Waals surface area contributed by atoms with Gasteiger partial charge in [-0.2, -0.15) is 0 Å². The number of fused-ring (bicyclic) bond motifs is 4. The van der Waals surface area contributed by atoms with Gasteiger partial charge in [0, 0.05) is 59.1 Å². The Morgan fingerprint density at radius 3 is 2.23 bits per heavy atom. The maximum atomic E-state index is 13.6. The standard InChI is InChI=1S/C22H27FN4O.C21H23FN2O/c1-24-15-6-4-14(5-7-15)18-13-27(2)22-17(18)9-11-21(26-22)25-16-8-10-19(23)20(12-16)28-3;1-23-15-5-8-20-17(12-15)16-10-13(4-7-19(16)24-20)9-14-3-6-18(22)21(11-14)25-2/h8-15,24H,4-7H2,1-3H3,(H,25,26);3-4,6-7,10-11,15,23-24H,5,8-9,12H2,1-2H3. The van der Waals surface area contributed by atoms with Crippen LogP contribution in [0.4, 0.5) is 20.3 Å². The molecule has 8 rings (SSSR count). The van der Waals surface area contributed by atoms with E-state index in [4.69, 9.17) is 14.5 Å².